The van der Waals surface area contributed by atoms with Gasteiger partial charge in [-0.3, -0.25) is 4.68 Å². The molecular weight excluding hydrogens is 246 g/mol. The lowest BCUT2D eigenvalue weighted by atomic mass is 10.2. The van der Waals surface area contributed by atoms with Crippen molar-refractivity contribution in [2.24, 2.45) is 0 Å². The molecule has 1 atom stereocenters. The maximum atomic E-state index is 10.2. The van der Waals surface area contributed by atoms with Gasteiger partial charge in [0.2, 0.25) is 0 Å². The smallest absolute Gasteiger partial charge is 0.138 e. The van der Waals surface area contributed by atoms with Crippen molar-refractivity contribution >= 4 is 11.3 Å². The van der Waals surface area contributed by atoms with Crippen molar-refractivity contribution < 1.29 is 5.11 Å². The van der Waals surface area contributed by atoms with Gasteiger partial charge in [0.25, 0.3) is 0 Å². The average molecular weight is 265 g/mol. The minimum absolute atomic E-state index is 0.477. The lowest BCUT2D eigenvalue weighted by Gasteiger charge is -2.09. The summed E-state index contributed by atoms with van der Waals surface area (Å²) in [5.41, 5.74) is 0. The molecule has 0 radical (unpaired) electrons. The summed E-state index contributed by atoms with van der Waals surface area (Å²) in [4.78, 5) is 6.54. The molecule has 0 fully saturated rings. The Kier molecular flexibility index (Phi) is 4.49. The molecule has 2 rings (SSSR count). The molecule has 0 saturated carbocycles. The molecular formula is C13H19N3OS. The first-order valence-corrected chi connectivity index (χ1v) is 7.19. The maximum Gasteiger partial charge on any atom is 0.138 e. The highest BCUT2D eigenvalue weighted by atomic mass is 32.1. The first-order valence-electron chi connectivity index (χ1n) is 6.38. The zero-order chi connectivity index (χ0) is 13.0. The highest BCUT2D eigenvalue weighted by molar-refractivity contribution is 7.12. The van der Waals surface area contributed by atoms with Crippen LogP contribution in [0.25, 0.3) is 0 Å². The van der Waals surface area contributed by atoms with E-state index >= 15 is 0 Å². The Morgan fingerprint density at radius 3 is 2.89 bits per heavy atom. The molecule has 0 saturated heterocycles. The van der Waals surface area contributed by atoms with Crippen molar-refractivity contribution in [2.45, 2.75) is 45.8 Å². The first-order chi connectivity index (χ1) is 8.74. The van der Waals surface area contributed by atoms with E-state index in [1.54, 1.807) is 17.7 Å². The normalized spacial score (nSPS) is 12.8. The highest BCUT2D eigenvalue weighted by Crippen LogP contribution is 2.25. The molecule has 98 valence electrons. The number of hydrogen-bond acceptors (Lipinski definition) is 4. The van der Waals surface area contributed by atoms with Crippen LogP contribution in [0.4, 0.5) is 0 Å². The molecule has 0 aliphatic rings. The number of aryl methyl sites for hydroxylation is 2. The molecule has 1 N–H and O–H groups in total. The van der Waals surface area contributed by atoms with Crippen molar-refractivity contribution in [2.75, 3.05) is 0 Å². The van der Waals surface area contributed by atoms with Crippen molar-refractivity contribution in [3.63, 3.8) is 0 Å². The minimum Gasteiger partial charge on any atom is -0.387 e. The minimum atomic E-state index is -0.477. The van der Waals surface area contributed by atoms with Gasteiger partial charge < -0.3 is 5.11 Å². The summed E-state index contributed by atoms with van der Waals surface area (Å²) >= 11 is 1.67. The van der Waals surface area contributed by atoms with Gasteiger partial charge in [-0.15, -0.1) is 11.3 Å². The molecule has 18 heavy (non-hydrogen) atoms. The monoisotopic (exact) mass is 265 g/mol. The number of aliphatic hydroxyl groups is 1. The fraction of sp³-hybridized carbons (Fsp3) is 0.538. The zero-order valence-corrected chi connectivity index (χ0v) is 11.7. The zero-order valence-electron chi connectivity index (χ0n) is 10.8. The van der Waals surface area contributed by atoms with Crippen LogP contribution in [0.15, 0.2) is 18.5 Å². The number of rotatable bonds is 6. The van der Waals surface area contributed by atoms with Crippen LogP contribution in [0.1, 0.15) is 42.0 Å². The summed E-state index contributed by atoms with van der Waals surface area (Å²) in [6.07, 6.45) is 3.65. The van der Waals surface area contributed by atoms with Crippen molar-refractivity contribution in [3.8, 4) is 0 Å². The largest absolute Gasteiger partial charge is 0.387 e. The topological polar surface area (TPSA) is 50.9 Å². The van der Waals surface area contributed by atoms with Gasteiger partial charge in [-0.05, 0) is 25.0 Å². The van der Waals surface area contributed by atoms with Gasteiger partial charge in [0.05, 0.1) is 6.10 Å². The predicted octanol–water partition coefficient (Wildman–Crippen LogP) is 2.59. The second kappa shape index (κ2) is 6.11. The van der Waals surface area contributed by atoms with E-state index in [2.05, 4.69) is 30.0 Å². The second-order valence-corrected chi connectivity index (χ2v) is 5.48. The molecule has 0 amide bonds. The van der Waals surface area contributed by atoms with E-state index in [9.17, 15) is 5.11 Å². The van der Waals surface area contributed by atoms with Gasteiger partial charge in [0.15, 0.2) is 0 Å². The van der Waals surface area contributed by atoms with Crippen LogP contribution in [0.3, 0.4) is 0 Å². The van der Waals surface area contributed by atoms with E-state index in [4.69, 9.17) is 0 Å². The van der Waals surface area contributed by atoms with Crippen LogP contribution >= 0.6 is 11.3 Å². The predicted molar refractivity (Wildman–Crippen MR) is 72.7 cm³/mol. The summed E-state index contributed by atoms with van der Waals surface area (Å²) in [7, 11) is 0. The molecule has 2 aromatic rings. The van der Waals surface area contributed by atoms with Crippen LogP contribution < -0.4 is 0 Å². The van der Waals surface area contributed by atoms with Crippen LogP contribution in [0, 0.1) is 0 Å². The molecule has 1 unspecified atom stereocenters. The Morgan fingerprint density at radius 2 is 2.22 bits per heavy atom. The Morgan fingerprint density at radius 1 is 1.39 bits per heavy atom. The van der Waals surface area contributed by atoms with Crippen molar-refractivity contribution in [1.29, 1.82) is 0 Å². The quantitative estimate of drug-likeness (QED) is 0.873. The van der Waals surface area contributed by atoms with E-state index < -0.39 is 6.10 Å². The average Bonchev–Trinajstić information content (AvgIpc) is 2.99. The van der Waals surface area contributed by atoms with Gasteiger partial charge >= 0.3 is 0 Å². The number of thiophene rings is 1. The summed E-state index contributed by atoms with van der Waals surface area (Å²) < 4.78 is 1.87. The molecule has 0 bridgehead atoms. The summed E-state index contributed by atoms with van der Waals surface area (Å²) in [6.45, 7) is 5.08. The van der Waals surface area contributed by atoms with Gasteiger partial charge in [-0.25, -0.2) is 4.98 Å². The molecule has 4 nitrogen and oxygen atoms in total. The van der Waals surface area contributed by atoms with E-state index in [1.165, 1.54) is 4.88 Å². The Labute approximate surface area is 111 Å². The second-order valence-electron chi connectivity index (χ2n) is 4.28. The van der Waals surface area contributed by atoms with Crippen LogP contribution in [0.5, 0.6) is 0 Å². The third kappa shape index (κ3) is 2.97. The van der Waals surface area contributed by atoms with Crippen LogP contribution in [-0.2, 0) is 19.4 Å². The number of hydrogen-bond donors (Lipinski definition) is 1. The number of nitrogens with zero attached hydrogens (tertiary/aromatic N) is 3. The summed E-state index contributed by atoms with van der Waals surface area (Å²) in [6, 6.07) is 4.09. The SMILES string of the molecule is CCCn1ncnc1CC(O)c1ccc(CC)s1. The fourth-order valence-corrected chi connectivity index (χ4v) is 2.82. The molecule has 0 spiro atoms. The van der Waals surface area contributed by atoms with Crippen molar-refractivity contribution in [1.82, 2.24) is 14.8 Å². The standard InChI is InChI=1S/C13H19N3OS/c1-3-7-16-13(14-9-15-16)8-11(17)12-6-5-10(4-2)18-12/h5-6,9,11,17H,3-4,7-8H2,1-2H3. The molecule has 2 aromatic heterocycles. The Hall–Kier alpha value is -1.20. The summed E-state index contributed by atoms with van der Waals surface area (Å²) in [5.74, 6) is 0.857. The molecule has 0 aromatic carbocycles. The lowest BCUT2D eigenvalue weighted by Crippen LogP contribution is -2.09. The lowest BCUT2D eigenvalue weighted by molar-refractivity contribution is 0.177. The van der Waals surface area contributed by atoms with Crippen molar-refractivity contribution in [3.05, 3.63) is 34.0 Å². The number of aliphatic hydroxyl groups excluding tert-OH is 1. The Balaban J connectivity index is 2.06. The Bertz CT molecular complexity index is 492. The maximum absolute atomic E-state index is 10.2. The summed E-state index contributed by atoms with van der Waals surface area (Å²) in [5, 5.41) is 14.4. The third-order valence-corrected chi connectivity index (χ3v) is 4.20. The molecule has 5 heteroatoms. The molecule has 2 heterocycles. The molecule has 0 aliphatic carbocycles. The number of aromatic nitrogens is 3. The fourth-order valence-electron chi connectivity index (χ4n) is 1.88. The first kappa shape index (κ1) is 13.2. The van der Waals surface area contributed by atoms with Gasteiger partial charge in [0, 0.05) is 22.7 Å². The van der Waals surface area contributed by atoms with Gasteiger partial charge in [0.1, 0.15) is 12.2 Å². The van der Waals surface area contributed by atoms with E-state index in [0.29, 0.717) is 6.42 Å². The van der Waals surface area contributed by atoms with Crippen LogP contribution in [-0.4, -0.2) is 19.9 Å². The molecule has 0 aliphatic heterocycles. The van der Waals surface area contributed by atoms with E-state index in [0.717, 1.165) is 30.1 Å². The highest BCUT2D eigenvalue weighted by Gasteiger charge is 2.14. The van der Waals surface area contributed by atoms with Crippen LogP contribution in [0.2, 0.25) is 0 Å². The van der Waals surface area contributed by atoms with E-state index in [1.807, 2.05) is 10.7 Å². The van der Waals surface area contributed by atoms with E-state index in [-0.39, 0.29) is 0 Å². The van der Waals surface area contributed by atoms with Gasteiger partial charge in [-0.1, -0.05) is 13.8 Å². The third-order valence-electron chi connectivity index (χ3n) is 2.87. The van der Waals surface area contributed by atoms with Gasteiger partial charge in [-0.2, -0.15) is 5.10 Å².